The Morgan fingerprint density at radius 2 is 2.00 bits per heavy atom. The van der Waals surface area contributed by atoms with E-state index in [1.54, 1.807) is 19.1 Å². The van der Waals surface area contributed by atoms with Gasteiger partial charge in [0.25, 0.3) is 5.69 Å². The van der Waals surface area contributed by atoms with Crippen LogP contribution >= 0.6 is 27.5 Å². The number of benzene rings is 2. The van der Waals surface area contributed by atoms with Crippen LogP contribution in [-0.2, 0) is 0 Å². The van der Waals surface area contributed by atoms with E-state index in [4.69, 9.17) is 11.6 Å². The highest BCUT2D eigenvalue weighted by Crippen LogP contribution is 2.30. The average molecular weight is 370 g/mol. The molecule has 0 saturated heterocycles. The first-order valence-corrected chi connectivity index (χ1v) is 7.52. The molecule has 0 amide bonds. The third-order valence-electron chi connectivity index (χ3n) is 3.21. The monoisotopic (exact) mass is 368 g/mol. The number of hydrogen-bond donors (Lipinski definition) is 1. The van der Waals surface area contributed by atoms with Crippen LogP contribution in [0.1, 0.15) is 24.1 Å². The van der Waals surface area contributed by atoms with Crippen molar-refractivity contribution in [2.75, 3.05) is 5.32 Å². The molecule has 0 spiro atoms. The Morgan fingerprint density at radius 3 is 2.57 bits per heavy atom. The molecule has 2 aromatic carbocycles. The van der Waals surface area contributed by atoms with E-state index >= 15 is 0 Å². The van der Waals surface area contributed by atoms with E-state index in [-0.39, 0.29) is 16.7 Å². The van der Waals surface area contributed by atoms with Gasteiger partial charge in [0.15, 0.2) is 0 Å². The number of aryl methyl sites for hydroxylation is 1. The van der Waals surface area contributed by atoms with Crippen LogP contribution in [0.25, 0.3) is 0 Å². The Kier molecular flexibility index (Phi) is 4.85. The fourth-order valence-corrected chi connectivity index (χ4v) is 2.97. The average Bonchev–Trinajstić information content (AvgIpc) is 2.37. The molecule has 0 aliphatic rings. The largest absolute Gasteiger partial charge is 0.378 e. The van der Waals surface area contributed by atoms with Gasteiger partial charge in [0.1, 0.15) is 0 Å². The van der Waals surface area contributed by atoms with Crippen LogP contribution in [0.4, 0.5) is 11.4 Å². The summed E-state index contributed by atoms with van der Waals surface area (Å²) in [5.74, 6) is 0. The van der Waals surface area contributed by atoms with Crippen molar-refractivity contribution in [2.45, 2.75) is 19.9 Å². The minimum Gasteiger partial charge on any atom is -0.378 e. The van der Waals surface area contributed by atoms with Crippen molar-refractivity contribution in [2.24, 2.45) is 0 Å². The lowest BCUT2D eigenvalue weighted by atomic mass is 10.1. The topological polar surface area (TPSA) is 55.2 Å². The van der Waals surface area contributed by atoms with E-state index in [2.05, 4.69) is 21.2 Å². The molecule has 0 aromatic heterocycles. The lowest BCUT2D eigenvalue weighted by Gasteiger charge is -2.17. The fraction of sp³-hybridized carbons (Fsp3) is 0.200. The van der Waals surface area contributed by atoms with Crippen LogP contribution in [0.2, 0.25) is 5.02 Å². The number of nitrogens with one attached hydrogen (secondary N) is 1. The second-order valence-electron chi connectivity index (χ2n) is 4.79. The van der Waals surface area contributed by atoms with Crippen molar-refractivity contribution < 1.29 is 4.92 Å². The molecule has 1 unspecified atom stereocenters. The number of nitrogens with zero attached hydrogens (tertiary/aromatic N) is 1. The Balaban J connectivity index is 2.21. The lowest BCUT2D eigenvalue weighted by molar-refractivity contribution is -0.385. The first-order chi connectivity index (χ1) is 9.88. The molecule has 21 heavy (non-hydrogen) atoms. The van der Waals surface area contributed by atoms with Crippen LogP contribution in [0.15, 0.2) is 40.9 Å². The van der Waals surface area contributed by atoms with Crippen LogP contribution < -0.4 is 5.32 Å². The standard InChI is InChI=1S/C15H14BrClN2O2/c1-9-7-12(4-6-15(9)19(20)21)18-10(2)13-5-3-11(16)8-14(13)17/h3-8,10,18H,1-2H3. The summed E-state index contributed by atoms with van der Waals surface area (Å²) >= 11 is 9.60. The molecule has 0 bridgehead atoms. The first kappa shape index (κ1) is 15.8. The Hall–Kier alpha value is -1.59. The van der Waals surface area contributed by atoms with Crippen LogP contribution in [0, 0.1) is 17.0 Å². The molecule has 0 heterocycles. The number of halogens is 2. The minimum atomic E-state index is -0.381. The van der Waals surface area contributed by atoms with Crippen LogP contribution in [-0.4, -0.2) is 4.92 Å². The first-order valence-electron chi connectivity index (χ1n) is 6.35. The summed E-state index contributed by atoms with van der Waals surface area (Å²) in [6, 6.07) is 10.7. The molecule has 0 saturated carbocycles. The third kappa shape index (κ3) is 3.74. The minimum absolute atomic E-state index is 0.00791. The molecule has 110 valence electrons. The molecular formula is C15H14BrClN2O2. The fourth-order valence-electron chi connectivity index (χ4n) is 2.13. The summed E-state index contributed by atoms with van der Waals surface area (Å²) in [5, 5.41) is 14.8. The Bertz CT molecular complexity index is 691. The van der Waals surface area contributed by atoms with Gasteiger partial charge >= 0.3 is 0 Å². The van der Waals surface area contributed by atoms with Gasteiger partial charge < -0.3 is 5.32 Å². The van der Waals surface area contributed by atoms with Gasteiger partial charge in [-0.1, -0.05) is 33.6 Å². The van der Waals surface area contributed by atoms with Crippen LogP contribution in [0.5, 0.6) is 0 Å². The van der Waals surface area contributed by atoms with E-state index in [0.29, 0.717) is 10.6 Å². The second-order valence-corrected chi connectivity index (χ2v) is 6.11. The van der Waals surface area contributed by atoms with Gasteiger partial charge in [0, 0.05) is 32.9 Å². The smallest absolute Gasteiger partial charge is 0.272 e. The molecule has 6 heteroatoms. The molecule has 1 atom stereocenters. The molecule has 4 nitrogen and oxygen atoms in total. The summed E-state index contributed by atoms with van der Waals surface area (Å²) in [5.41, 5.74) is 2.54. The van der Waals surface area contributed by atoms with Crippen molar-refractivity contribution in [1.82, 2.24) is 0 Å². The highest BCUT2D eigenvalue weighted by molar-refractivity contribution is 9.10. The van der Waals surface area contributed by atoms with E-state index < -0.39 is 0 Å². The third-order valence-corrected chi connectivity index (χ3v) is 4.03. The van der Waals surface area contributed by atoms with Gasteiger partial charge in [0.2, 0.25) is 0 Å². The zero-order valence-corrected chi connectivity index (χ0v) is 13.9. The van der Waals surface area contributed by atoms with Crippen molar-refractivity contribution in [3.8, 4) is 0 Å². The lowest BCUT2D eigenvalue weighted by Crippen LogP contribution is -2.07. The molecule has 0 radical (unpaired) electrons. The maximum Gasteiger partial charge on any atom is 0.272 e. The Morgan fingerprint density at radius 1 is 1.29 bits per heavy atom. The summed E-state index contributed by atoms with van der Waals surface area (Å²) in [7, 11) is 0. The van der Waals surface area contributed by atoms with Crippen molar-refractivity contribution >= 4 is 38.9 Å². The Labute approximate surface area is 136 Å². The number of anilines is 1. The van der Waals surface area contributed by atoms with E-state index in [9.17, 15) is 10.1 Å². The van der Waals surface area contributed by atoms with Crippen molar-refractivity contribution in [3.63, 3.8) is 0 Å². The quantitative estimate of drug-likeness (QED) is 0.572. The second kappa shape index (κ2) is 6.45. The number of nitro groups is 1. The molecule has 0 aliphatic heterocycles. The highest BCUT2D eigenvalue weighted by atomic mass is 79.9. The summed E-state index contributed by atoms with van der Waals surface area (Å²) in [6.45, 7) is 3.71. The SMILES string of the molecule is Cc1cc(NC(C)c2ccc(Br)cc2Cl)ccc1[N+](=O)[O-]. The molecule has 0 aliphatic carbocycles. The zero-order valence-electron chi connectivity index (χ0n) is 11.6. The van der Waals surface area contributed by atoms with E-state index in [0.717, 1.165) is 15.7 Å². The van der Waals surface area contributed by atoms with Crippen molar-refractivity contribution in [1.29, 1.82) is 0 Å². The predicted molar refractivity (Wildman–Crippen MR) is 89.0 cm³/mol. The molecule has 2 rings (SSSR count). The van der Waals surface area contributed by atoms with Gasteiger partial charge in [-0.25, -0.2) is 0 Å². The normalized spacial score (nSPS) is 12.0. The molecule has 0 fully saturated rings. The highest BCUT2D eigenvalue weighted by Gasteiger charge is 2.13. The van der Waals surface area contributed by atoms with Gasteiger partial charge in [-0.05, 0) is 43.7 Å². The predicted octanol–water partition coefficient (Wildman–Crippen LogP) is 5.49. The maximum absolute atomic E-state index is 10.8. The van der Waals surface area contributed by atoms with Crippen molar-refractivity contribution in [3.05, 3.63) is 67.1 Å². The molecule has 2 aromatic rings. The number of rotatable bonds is 4. The van der Waals surface area contributed by atoms with Crippen LogP contribution in [0.3, 0.4) is 0 Å². The number of nitro benzene ring substituents is 1. The van der Waals surface area contributed by atoms with Gasteiger partial charge in [-0.3, -0.25) is 10.1 Å². The van der Waals surface area contributed by atoms with E-state index in [1.165, 1.54) is 6.07 Å². The van der Waals surface area contributed by atoms with Gasteiger partial charge in [-0.15, -0.1) is 0 Å². The summed E-state index contributed by atoms with van der Waals surface area (Å²) in [6.07, 6.45) is 0. The number of hydrogen-bond acceptors (Lipinski definition) is 3. The zero-order chi connectivity index (χ0) is 15.6. The summed E-state index contributed by atoms with van der Waals surface area (Å²) < 4.78 is 0.926. The van der Waals surface area contributed by atoms with E-state index in [1.807, 2.05) is 25.1 Å². The molecule has 1 N–H and O–H groups in total. The maximum atomic E-state index is 10.8. The summed E-state index contributed by atoms with van der Waals surface area (Å²) in [4.78, 5) is 10.4. The van der Waals surface area contributed by atoms with Gasteiger partial charge in [0.05, 0.1) is 4.92 Å². The van der Waals surface area contributed by atoms with Gasteiger partial charge in [-0.2, -0.15) is 0 Å². The molecular weight excluding hydrogens is 356 g/mol.